The summed E-state index contributed by atoms with van der Waals surface area (Å²) in [5.41, 5.74) is 5.88. The first kappa shape index (κ1) is 20.0. The molecule has 8 heteroatoms. The lowest BCUT2D eigenvalue weighted by atomic mass is 10.1. The second-order valence-electron chi connectivity index (χ2n) is 6.37. The Hall–Kier alpha value is -2.35. The molecule has 3 amide bonds. The van der Waals surface area contributed by atoms with Crippen molar-refractivity contribution in [1.29, 1.82) is 0 Å². The Morgan fingerprint density at radius 3 is 2.58 bits per heavy atom. The number of nitrogens with two attached hydrogens (primary N) is 1. The molecule has 26 heavy (non-hydrogen) atoms. The molecule has 0 saturated carbocycles. The second-order valence-corrected chi connectivity index (χ2v) is 6.37. The quantitative estimate of drug-likeness (QED) is 0.679. The smallest absolute Gasteiger partial charge is 0.312 e. The van der Waals surface area contributed by atoms with E-state index in [0.717, 1.165) is 31.5 Å². The standard InChI is InChI=1S/C18H27FN4O3/c1-26-16-6-5-14(12-15(16)19)13-22-8-10-23(11-9-22)17(24)4-2-3-7-21-18(20)25/h5-6,12H,2-4,7-11,13H2,1H3,(H3,20,21,25). The molecule has 7 nitrogen and oxygen atoms in total. The van der Waals surface area contributed by atoms with Crippen molar-refractivity contribution in [1.82, 2.24) is 15.1 Å². The van der Waals surface area contributed by atoms with Crippen LogP contribution in [-0.2, 0) is 11.3 Å². The predicted octanol–water partition coefficient (Wildman–Crippen LogP) is 1.32. The maximum atomic E-state index is 13.8. The molecule has 0 radical (unpaired) electrons. The zero-order valence-corrected chi connectivity index (χ0v) is 15.2. The normalized spacial score (nSPS) is 14.9. The maximum Gasteiger partial charge on any atom is 0.312 e. The van der Waals surface area contributed by atoms with E-state index >= 15 is 0 Å². The molecule has 0 atom stereocenters. The van der Waals surface area contributed by atoms with E-state index in [1.165, 1.54) is 13.2 Å². The van der Waals surface area contributed by atoms with Crippen LogP contribution in [0.25, 0.3) is 0 Å². The maximum absolute atomic E-state index is 13.8. The average molecular weight is 366 g/mol. The lowest BCUT2D eigenvalue weighted by molar-refractivity contribution is -0.133. The minimum Gasteiger partial charge on any atom is -0.494 e. The zero-order chi connectivity index (χ0) is 18.9. The van der Waals surface area contributed by atoms with Gasteiger partial charge in [0, 0.05) is 45.7 Å². The van der Waals surface area contributed by atoms with Crippen molar-refractivity contribution in [3.8, 4) is 5.75 Å². The second kappa shape index (κ2) is 9.96. The van der Waals surface area contributed by atoms with Crippen LogP contribution in [0.4, 0.5) is 9.18 Å². The van der Waals surface area contributed by atoms with Gasteiger partial charge in [0.15, 0.2) is 11.6 Å². The Bertz CT molecular complexity index is 618. The average Bonchev–Trinajstić information content (AvgIpc) is 2.62. The van der Waals surface area contributed by atoms with Crippen molar-refractivity contribution >= 4 is 11.9 Å². The summed E-state index contributed by atoms with van der Waals surface area (Å²) in [5, 5.41) is 2.51. The molecule has 0 aromatic heterocycles. The van der Waals surface area contributed by atoms with Gasteiger partial charge in [0.25, 0.3) is 0 Å². The largest absolute Gasteiger partial charge is 0.494 e. The SMILES string of the molecule is COc1ccc(CN2CCN(C(=O)CCCCNC(N)=O)CC2)cc1F. The van der Waals surface area contributed by atoms with Gasteiger partial charge >= 0.3 is 6.03 Å². The number of primary amides is 1. The fourth-order valence-corrected chi connectivity index (χ4v) is 2.99. The molecule has 0 spiro atoms. The van der Waals surface area contributed by atoms with Crippen molar-refractivity contribution in [3.63, 3.8) is 0 Å². The van der Waals surface area contributed by atoms with Crippen LogP contribution in [0.1, 0.15) is 24.8 Å². The van der Waals surface area contributed by atoms with Gasteiger partial charge in [-0.3, -0.25) is 9.69 Å². The summed E-state index contributed by atoms with van der Waals surface area (Å²) in [5.74, 6) is 0.0269. The summed E-state index contributed by atoms with van der Waals surface area (Å²) in [4.78, 5) is 26.8. The summed E-state index contributed by atoms with van der Waals surface area (Å²) >= 11 is 0. The topological polar surface area (TPSA) is 87.9 Å². The monoisotopic (exact) mass is 366 g/mol. The van der Waals surface area contributed by atoms with Gasteiger partial charge in [-0.25, -0.2) is 9.18 Å². The summed E-state index contributed by atoms with van der Waals surface area (Å²) in [6, 6.07) is 4.46. The fourth-order valence-electron chi connectivity index (χ4n) is 2.99. The first-order valence-electron chi connectivity index (χ1n) is 8.85. The van der Waals surface area contributed by atoms with E-state index in [0.29, 0.717) is 32.6 Å². The number of methoxy groups -OCH3 is 1. The van der Waals surface area contributed by atoms with E-state index in [1.54, 1.807) is 6.07 Å². The molecular weight excluding hydrogens is 339 g/mol. The van der Waals surface area contributed by atoms with Crippen molar-refractivity contribution in [2.45, 2.75) is 25.8 Å². The Morgan fingerprint density at radius 1 is 1.23 bits per heavy atom. The van der Waals surface area contributed by atoms with Crippen LogP contribution < -0.4 is 15.8 Å². The summed E-state index contributed by atoms with van der Waals surface area (Å²) in [7, 11) is 1.45. The minimum absolute atomic E-state index is 0.138. The number of nitrogens with zero attached hydrogens (tertiary/aromatic N) is 2. The van der Waals surface area contributed by atoms with E-state index in [1.807, 2.05) is 11.0 Å². The summed E-state index contributed by atoms with van der Waals surface area (Å²) in [6.07, 6.45) is 1.94. The fraction of sp³-hybridized carbons (Fsp3) is 0.556. The van der Waals surface area contributed by atoms with Crippen LogP contribution in [0.5, 0.6) is 5.75 Å². The van der Waals surface area contributed by atoms with Gasteiger partial charge in [-0.15, -0.1) is 0 Å². The Kier molecular flexibility index (Phi) is 7.65. The molecule has 1 saturated heterocycles. The van der Waals surface area contributed by atoms with Gasteiger partial charge < -0.3 is 20.7 Å². The molecule has 0 bridgehead atoms. The molecule has 1 heterocycles. The minimum atomic E-state index is -0.538. The van der Waals surface area contributed by atoms with Gasteiger partial charge in [-0.1, -0.05) is 6.07 Å². The number of urea groups is 1. The third-order valence-electron chi connectivity index (χ3n) is 4.46. The highest BCUT2D eigenvalue weighted by Crippen LogP contribution is 2.19. The molecule has 1 aromatic carbocycles. The lowest BCUT2D eigenvalue weighted by Crippen LogP contribution is -2.48. The number of nitrogens with one attached hydrogen (secondary N) is 1. The van der Waals surface area contributed by atoms with Gasteiger partial charge in [0.2, 0.25) is 5.91 Å². The van der Waals surface area contributed by atoms with Crippen molar-refractivity contribution < 1.29 is 18.7 Å². The molecule has 2 rings (SSSR count). The molecule has 1 fully saturated rings. The van der Waals surface area contributed by atoms with Gasteiger partial charge in [0.05, 0.1) is 7.11 Å². The van der Waals surface area contributed by atoms with E-state index in [4.69, 9.17) is 10.5 Å². The Morgan fingerprint density at radius 2 is 1.96 bits per heavy atom. The summed E-state index contributed by atoms with van der Waals surface area (Å²) < 4.78 is 18.7. The Balaban J connectivity index is 1.69. The Labute approximate surface area is 153 Å². The number of carbonyl (C=O) groups excluding carboxylic acids is 2. The van der Waals surface area contributed by atoms with Gasteiger partial charge in [0.1, 0.15) is 0 Å². The van der Waals surface area contributed by atoms with Crippen LogP contribution in [0.3, 0.4) is 0 Å². The number of halogens is 1. The van der Waals surface area contributed by atoms with Crippen molar-refractivity contribution in [2.75, 3.05) is 39.8 Å². The highest BCUT2D eigenvalue weighted by atomic mass is 19.1. The van der Waals surface area contributed by atoms with Crippen LogP contribution in [0, 0.1) is 5.82 Å². The number of rotatable bonds is 8. The van der Waals surface area contributed by atoms with E-state index < -0.39 is 6.03 Å². The third kappa shape index (κ3) is 6.18. The molecule has 1 aliphatic rings. The van der Waals surface area contributed by atoms with Crippen LogP contribution in [0.15, 0.2) is 18.2 Å². The van der Waals surface area contributed by atoms with E-state index in [9.17, 15) is 14.0 Å². The molecule has 0 aliphatic carbocycles. The predicted molar refractivity (Wildman–Crippen MR) is 96.2 cm³/mol. The van der Waals surface area contributed by atoms with Crippen LogP contribution in [0.2, 0.25) is 0 Å². The number of unbranched alkanes of at least 4 members (excludes halogenated alkanes) is 1. The molecule has 0 unspecified atom stereocenters. The van der Waals surface area contributed by atoms with E-state index in [2.05, 4.69) is 10.2 Å². The summed E-state index contributed by atoms with van der Waals surface area (Å²) in [6.45, 7) is 4.04. The number of ether oxygens (including phenoxy) is 1. The van der Waals surface area contributed by atoms with E-state index in [-0.39, 0.29) is 17.5 Å². The zero-order valence-electron chi connectivity index (χ0n) is 15.2. The molecule has 3 N–H and O–H groups in total. The highest BCUT2D eigenvalue weighted by Gasteiger charge is 2.21. The van der Waals surface area contributed by atoms with Crippen LogP contribution in [-0.4, -0.2) is 61.6 Å². The lowest BCUT2D eigenvalue weighted by Gasteiger charge is -2.35. The van der Waals surface area contributed by atoms with Crippen molar-refractivity contribution in [2.24, 2.45) is 5.73 Å². The van der Waals surface area contributed by atoms with Crippen LogP contribution >= 0.6 is 0 Å². The molecule has 1 aliphatic heterocycles. The molecular formula is C18H27FN4O3. The third-order valence-corrected chi connectivity index (χ3v) is 4.46. The highest BCUT2D eigenvalue weighted by molar-refractivity contribution is 5.76. The molecule has 1 aromatic rings. The number of hydrogen-bond donors (Lipinski definition) is 2. The van der Waals surface area contributed by atoms with Gasteiger partial charge in [-0.2, -0.15) is 0 Å². The van der Waals surface area contributed by atoms with Crippen molar-refractivity contribution in [3.05, 3.63) is 29.6 Å². The van der Waals surface area contributed by atoms with Gasteiger partial charge in [-0.05, 0) is 30.5 Å². The number of amides is 3. The molecule has 144 valence electrons. The number of benzene rings is 1. The number of carbonyl (C=O) groups is 2. The number of piperazine rings is 1. The first-order valence-corrected chi connectivity index (χ1v) is 8.85. The number of hydrogen-bond acceptors (Lipinski definition) is 4. The first-order chi connectivity index (χ1) is 12.5.